The minimum atomic E-state index is 0.133. The summed E-state index contributed by atoms with van der Waals surface area (Å²) in [6, 6.07) is 21.3. The minimum Gasteiger partial charge on any atom is -0.298 e. The van der Waals surface area contributed by atoms with E-state index in [1.807, 2.05) is 0 Å². The fourth-order valence-corrected chi connectivity index (χ4v) is 4.70. The Morgan fingerprint density at radius 2 is 1.69 bits per heavy atom. The second kappa shape index (κ2) is 6.37. The van der Waals surface area contributed by atoms with Crippen molar-refractivity contribution in [2.75, 3.05) is 13.1 Å². The average Bonchev–Trinajstić information content (AvgIpc) is 2.70. The van der Waals surface area contributed by atoms with Crippen LogP contribution in [0.1, 0.15) is 33.5 Å². The van der Waals surface area contributed by atoms with Crippen LogP contribution in [-0.2, 0) is 19.4 Å². The second-order valence-electron chi connectivity index (χ2n) is 7.67. The third-order valence-electron chi connectivity index (χ3n) is 6.11. The number of carbonyl (C=O) groups is 1. The monoisotopic (exact) mass is 341 g/mol. The normalized spacial score (nSPS) is 20.0. The molecule has 1 unspecified atom stereocenters. The first-order chi connectivity index (χ1) is 12.8. The zero-order valence-corrected chi connectivity index (χ0v) is 14.9. The van der Waals surface area contributed by atoms with E-state index in [1.165, 1.54) is 27.5 Å². The van der Waals surface area contributed by atoms with Crippen LogP contribution < -0.4 is 0 Å². The molecule has 0 radical (unpaired) electrons. The summed E-state index contributed by atoms with van der Waals surface area (Å²) in [6.07, 6.45) is 3.08. The quantitative estimate of drug-likeness (QED) is 0.676. The lowest BCUT2D eigenvalue weighted by molar-refractivity contribution is 0.0850. The van der Waals surface area contributed by atoms with Gasteiger partial charge in [0, 0.05) is 31.1 Å². The van der Waals surface area contributed by atoms with Gasteiger partial charge in [0.25, 0.3) is 0 Å². The SMILES string of the molecule is O=C1c2ccc3ccccc3c2CCC1CN1CCc2ccccc2C1. The van der Waals surface area contributed by atoms with Gasteiger partial charge in [-0.1, -0.05) is 60.7 Å². The first-order valence-electron chi connectivity index (χ1n) is 9.63. The highest BCUT2D eigenvalue weighted by Crippen LogP contribution is 2.32. The summed E-state index contributed by atoms with van der Waals surface area (Å²) in [5.41, 5.74) is 5.11. The van der Waals surface area contributed by atoms with Crippen molar-refractivity contribution in [3.63, 3.8) is 0 Å². The van der Waals surface area contributed by atoms with Gasteiger partial charge in [0.15, 0.2) is 5.78 Å². The maximum absolute atomic E-state index is 13.2. The summed E-state index contributed by atoms with van der Waals surface area (Å²) in [6.45, 7) is 2.93. The van der Waals surface area contributed by atoms with Crippen molar-refractivity contribution in [1.29, 1.82) is 0 Å². The molecule has 3 aromatic rings. The number of rotatable bonds is 2. The van der Waals surface area contributed by atoms with E-state index in [0.717, 1.165) is 44.5 Å². The van der Waals surface area contributed by atoms with Crippen molar-refractivity contribution >= 4 is 16.6 Å². The third-order valence-corrected chi connectivity index (χ3v) is 6.11. The van der Waals surface area contributed by atoms with Crippen molar-refractivity contribution in [1.82, 2.24) is 4.90 Å². The number of hydrogen-bond acceptors (Lipinski definition) is 2. The number of aryl methyl sites for hydroxylation is 1. The molecule has 0 spiro atoms. The number of benzene rings is 3. The number of ketones is 1. The molecule has 130 valence electrons. The molecule has 0 amide bonds. The number of Topliss-reactive ketones (excluding diaryl/α,β-unsaturated/α-hetero) is 1. The lowest BCUT2D eigenvalue weighted by atomic mass is 9.80. The molecular formula is C24H23NO. The number of carbonyl (C=O) groups excluding carboxylic acids is 1. The van der Waals surface area contributed by atoms with Gasteiger partial charge < -0.3 is 0 Å². The van der Waals surface area contributed by atoms with Gasteiger partial charge in [0.1, 0.15) is 0 Å². The highest BCUT2D eigenvalue weighted by atomic mass is 16.1. The fourth-order valence-electron chi connectivity index (χ4n) is 4.70. The molecule has 5 rings (SSSR count). The summed E-state index contributed by atoms with van der Waals surface area (Å²) >= 11 is 0. The molecular weight excluding hydrogens is 318 g/mol. The van der Waals surface area contributed by atoms with Gasteiger partial charge in [-0.05, 0) is 46.7 Å². The van der Waals surface area contributed by atoms with Crippen molar-refractivity contribution in [3.05, 3.63) is 82.9 Å². The van der Waals surface area contributed by atoms with E-state index in [9.17, 15) is 4.79 Å². The van der Waals surface area contributed by atoms with E-state index in [1.54, 1.807) is 0 Å². The molecule has 0 saturated carbocycles. The molecule has 1 heterocycles. The van der Waals surface area contributed by atoms with Gasteiger partial charge in [-0.3, -0.25) is 9.69 Å². The van der Waals surface area contributed by atoms with Crippen molar-refractivity contribution in [2.45, 2.75) is 25.8 Å². The Bertz CT molecular complexity index is 990. The molecule has 0 aromatic heterocycles. The molecule has 1 atom stereocenters. The van der Waals surface area contributed by atoms with Crippen molar-refractivity contribution < 1.29 is 4.79 Å². The summed E-state index contributed by atoms with van der Waals surface area (Å²) in [5.74, 6) is 0.477. The Kier molecular flexibility index (Phi) is 3.86. The van der Waals surface area contributed by atoms with Gasteiger partial charge in [-0.25, -0.2) is 0 Å². The average molecular weight is 341 g/mol. The van der Waals surface area contributed by atoms with E-state index >= 15 is 0 Å². The lowest BCUT2D eigenvalue weighted by Crippen LogP contribution is -2.38. The van der Waals surface area contributed by atoms with Crippen LogP contribution in [-0.4, -0.2) is 23.8 Å². The van der Waals surface area contributed by atoms with Gasteiger partial charge >= 0.3 is 0 Å². The summed E-state index contributed by atoms with van der Waals surface area (Å²) in [5, 5.41) is 2.49. The maximum atomic E-state index is 13.2. The Labute approximate surface area is 154 Å². The van der Waals surface area contributed by atoms with Crippen LogP contribution in [0, 0.1) is 5.92 Å². The topological polar surface area (TPSA) is 20.3 Å². The smallest absolute Gasteiger partial charge is 0.167 e. The summed E-state index contributed by atoms with van der Waals surface area (Å²) in [4.78, 5) is 15.6. The molecule has 2 heteroatoms. The number of fused-ring (bicyclic) bond motifs is 4. The van der Waals surface area contributed by atoms with Crippen molar-refractivity contribution in [3.8, 4) is 0 Å². The Morgan fingerprint density at radius 3 is 2.62 bits per heavy atom. The van der Waals surface area contributed by atoms with Crippen LogP contribution in [0.15, 0.2) is 60.7 Å². The molecule has 26 heavy (non-hydrogen) atoms. The highest BCUT2D eigenvalue weighted by Gasteiger charge is 2.30. The second-order valence-corrected chi connectivity index (χ2v) is 7.67. The first-order valence-corrected chi connectivity index (χ1v) is 9.63. The van der Waals surface area contributed by atoms with Gasteiger partial charge in [-0.2, -0.15) is 0 Å². The zero-order chi connectivity index (χ0) is 17.5. The minimum absolute atomic E-state index is 0.133. The van der Waals surface area contributed by atoms with Crippen LogP contribution in [0.25, 0.3) is 10.8 Å². The molecule has 0 fully saturated rings. The molecule has 1 aliphatic heterocycles. The maximum Gasteiger partial charge on any atom is 0.167 e. The molecule has 2 aliphatic rings. The molecule has 0 saturated heterocycles. The summed E-state index contributed by atoms with van der Waals surface area (Å²) < 4.78 is 0. The third kappa shape index (κ3) is 2.65. The highest BCUT2D eigenvalue weighted by molar-refractivity contribution is 6.05. The molecule has 2 nitrogen and oxygen atoms in total. The van der Waals surface area contributed by atoms with E-state index in [4.69, 9.17) is 0 Å². The fraction of sp³-hybridized carbons (Fsp3) is 0.292. The Hall–Kier alpha value is -2.45. The molecule has 0 N–H and O–H groups in total. The number of nitrogens with zero attached hydrogens (tertiary/aromatic N) is 1. The molecule has 0 bridgehead atoms. The van der Waals surface area contributed by atoms with Gasteiger partial charge in [0.2, 0.25) is 0 Å². The van der Waals surface area contributed by atoms with Crippen LogP contribution in [0.5, 0.6) is 0 Å². The van der Waals surface area contributed by atoms with Crippen LogP contribution in [0.4, 0.5) is 0 Å². The van der Waals surface area contributed by atoms with Gasteiger partial charge in [-0.15, -0.1) is 0 Å². The summed E-state index contributed by atoms with van der Waals surface area (Å²) in [7, 11) is 0. The van der Waals surface area contributed by atoms with E-state index < -0.39 is 0 Å². The van der Waals surface area contributed by atoms with Crippen LogP contribution in [0.2, 0.25) is 0 Å². The first kappa shape index (κ1) is 15.8. The predicted octanol–water partition coefficient (Wildman–Crippen LogP) is 4.64. The van der Waals surface area contributed by atoms with Crippen LogP contribution in [0.3, 0.4) is 0 Å². The van der Waals surface area contributed by atoms with Crippen LogP contribution >= 0.6 is 0 Å². The Balaban J connectivity index is 1.38. The Morgan fingerprint density at radius 1 is 0.885 bits per heavy atom. The molecule has 3 aromatic carbocycles. The standard InChI is InChI=1S/C24H23NO/c26-24-20(16-25-14-13-17-5-1-2-7-19(17)15-25)10-11-22-21-8-4-3-6-18(21)9-12-23(22)24/h1-9,12,20H,10-11,13-16H2. The van der Waals surface area contributed by atoms with Crippen molar-refractivity contribution in [2.24, 2.45) is 5.92 Å². The predicted molar refractivity (Wildman–Crippen MR) is 106 cm³/mol. The number of hydrogen-bond donors (Lipinski definition) is 0. The van der Waals surface area contributed by atoms with E-state index in [2.05, 4.69) is 65.6 Å². The molecule has 1 aliphatic carbocycles. The zero-order valence-electron chi connectivity index (χ0n) is 14.9. The lowest BCUT2D eigenvalue weighted by Gasteiger charge is -2.33. The van der Waals surface area contributed by atoms with E-state index in [-0.39, 0.29) is 5.92 Å². The van der Waals surface area contributed by atoms with E-state index in [0.29, 0.717) is 5.78 Å². The van der Waals surface area contributed by atoms with Gasteiger partial charge in [0.05, 0.1) is 0 Å². The largest absolute Gasteiger partial charge is 0.298 e.